The highest BCUT2D eigenvalue weighted by Gasteiger charge is 2.30. The summed E-state index contributed by atoms with van der Waals surface area (Å²) in [6.45, 7) is 3.51. The van der Waals surface area contributed by atoms with Crippen LogP contribution in [0.1, 0.15) is 24.5 Å². The van der Waals surface area contributed by atoms with Crippen molar-refractivity contribution in [3.63, 3.8) is 0 Å². The first-order chi connectivity index (χ1) is 14.1. The summed E-state index contributed by atoms with van der Waals surface area (Å²) >= 11 is 0. The Morgan fingerprint density at radius 1 is 1.23 bits per heavy atom. The Kier molecular flexibility index (Phi) is 5.75. The SMILES string of the molecule is Cc1cc(Nc2cc(C(F)(F)F)ccn2)nc(-c2cnn(C[C@](C)(O)CC#N)c2)c1. The average Bonchev–Trinajstić information content (AvgIpc) is 3.08. The van der Waals surface area contributed by atoms with Gasteiger partial charge in [0.15, 0.2) is 0 Å². The first kappa shape index (κ1) is 21.3. The molecule has 2 N–H and O–H groups in total. The Morgan fingerprint density at radius 3 is 2.70 bits per heavy atom. The molecule has 0 amide bonds. The molecular weight excluding hydrogens is 397 g/mol. The van der Waals surface area contributed by atoms with Gasteiger partial charge in [0.1, 0.15) is 11.6 Å². The number of nitriles is 1. The van der Waals surface area contributed by atoms with Gasteiger partial charge in [0, 0.05) is 18.0 Å². The number of aliphatic hydroxyl groups is 1. The van der Waals surface area contributed by atoms with Crippen LogP contribution in [0.5, 0.6) is 0 Å². The summed E-state index contributed by atoms with van der Waals surface area (Å²) in [6, 6.07) is 7.24. The summed E-state index contributed by atoms with van der Waals surface area (Å²) in [5.41, 5.74) is 0.0133. The highest BCUT2D eigenvalue weighted by molar-refractivity contribution is 5.63. The van der Waals surface area contributed by atoms with Crippen LogP contribution in [0.15, 0.2) is 42.9 Å². The molecule has 0 spiro atoms. The Labute approximate surface area is 170 Å². The van der Waals surface area contributed by atoms with Gasteiger partial charge in [-0.05, 0) is 43.7 Å². The largest absolute Gasteiger partial charge is 0.416 e. The monoisotopic (exact) mass is 416 g/mol. The van der Waals surface area contributed by atoms with Crippen LogP contribution in [0.4, 0.5) is 24.8 Å². The standard InChI is InChI=1S/C20H19F3N6O/c1-13-7-16(14-10-26-29(11-14)12-19(2,30)4-5-24)27-18(8-13)28-17-9-15(3-6-25-17)20(21,22)23/h3,6-11,30H,4,12H2,1-2H3,(H,25,27,28)/t19-/m1/s1. The van der Waals surface area contributed by atoms with E-state index in [2.05, 4.69) is 20.4 Å². The van der Waals surface area contributed by atoms with Gasteiger partial charge in [0.05, 0.1) is 42.1 Å². The molecule has 1 atom stereocenters. The lowest BCUT2D eigenvalue weighted by Gasteiger charge is -2.19. The maximum absolute atomic E-state index is 12.9. The molecule has 0 aromatic carbocycles. The normalized spacial score (nSPS) is 13.5. The van der Waals surface area contributed by atoms with Crippen LogP contribution in [-0.4, -0.2) is 30.5 Å². The third kappa shape index (κ3) is 5.33. The van der Waals surface area contributed by atoms with E-state index < -0.39 is 17.3 Å². The summed E-state index contributed by atoms with van der Waals surface area (Å²) in [5.74, 6) is 0.359. The summed E-state index contributed by atoms with van der Waals surface area (Å²) in [4.78, 5) is 8.36. The number of aromatic nitrogens is 4. The maximum Gasteiger partial charge on any atom is 0.416 e. The number of nitrogens with one attached hydrogen (secondary N) is 1. The van der Waals surface area contributed by atoms with Crippen molar-refractivity contribution in [1.29, 1.82) is 5.26 Å². The second kappa shape index (κ2) is 8.12. The van der Waals surface area contributed by atoms with Crippen LogP contribution < -0.4 is 5.32 Å². The summed E-state index contributed by atoms with van der Waals surface area (Å²) in [7, 11) is 0. The lowest BCUT2D eigenvalue weighted by Crippen LogP contribution is -2.30. The zero-order chi connectivity index (χ0) is 21.9. The molecule has 0 fully saturated rings. The van der Waals surface area contributed by atoms with Crippen molar-refractivity contribution in [2.45, 2.75) is 38.6 Å². The van der Waals surface area contributed by atoms with Crippen molar-refractivity contribution < 1.29 is 18.3 Å². The predicted octanol–water partition coefficient (Wildman–Crippen LogP) is 4.08. The first-order valence-corrected chi connectivity index (χ1v) is 8.97. The maximum atomic E-state index is 12.9. The first-order valence-electron chi connectivity index (χ1n) is 8.97. The molecule has 0 saturated heterocycles. The van der Waals surface area contributed by atoms with Gasteiger partial charge >= 0.3 is 6.18 Å². The fourth-order valence-corrected chi connectivity index (χ4v) is 2.84. The lowest BCUT2D eigenvalue weighted by molar-refractivity contribution is -0.137. The average molecular weight is 416 g/mol. The minimum atomic E-state index is -4.47. The van der Waals surface area contributed by atoms with Crippen LogP contribution in [0.3, 0.4) is 0 Å². The van der Waals surface area contributed by atoms with Crippen LogP contribution in [0.2, 0.25) is 0 Å². The van der Waals surface area contributed by atoms with Crippen molar-refractivity contribution in [2.75, 3.05) is 5.32 Å². The highest BCUT2D eigenvalue weighted by atomic mass is 19.4. The summed E-state index contributed by atoms with van der Waals surface area (Å²) in [6.07, 6.45) is -0.176. The van der Waals surface area contributed by atoms with Crippen molar-refractivity contribution in [3.05, 3.63) is 54.0 Å². The van der Waals surface area contributed by atoms with E-state index in [0.29, 0.717) is 17.1 Å². The van der Waals surface area contributed by atoms with E-state index in [0.717, 1.165) is 23.9 Å². The fraction of sp³-hybridized carbons (Fsp3) is 0.300. The molecule has 0 saturated carbocycles. The number of alkyl halides is 3. The predicted molar refractivity (Wildman–Crippen MR) is 104 cm³/mol. The second-order valence-electron chi connectivity index (χ2n) is 7.23. The molecule has 156 valence electrons. The number of hydrogen-bond donors (Lipinski definition) is 2. The topological polar surface area (TPSA) is 99.7 Å². The Bertz CT molecular complexity index is 1080. The van der Waals surface area contributed by atoms with Crippen LogP contribution in [0, 0.1) is 18.3 Å². The van der Waals surface area contributed by atoms with Crippen molar-refractivity contribution in [3.8, 4) is 17.3 Å². The van der Waals surface area contributed by atoms with Crippen LogP contribution in [-0.2, 0) is 12.7 Å². The molecule has 30 heavy (non-hydrogen) atoms. The zero-order valence-corrected chi connectivity index (χ0v) is 16.3. The molecule has 3 aromatic heterocycles. The van der Waals surface area contributed by atoms with E-state index in [4.69, 9.17) is 5.26 Å². The second-order valence-corrected chi connectivity index (χ2v) is 7.23. The molecule has 0 radical (unpaired) electrons. The van der Waals surface area contributed by atoms with Crippen molar-refractivity contribution >= 4 is 11.6 Å². The van der Waals surface area contributed by atoms with Gasteiger partial charge in [0.2, 0.25) is 0 Å². The van der Waals surface area contributed by atoms with E-state index >= 15 is 0 Å². The van der Waals surface area contributed by atoms with Crippen molar-refractivity contribution in [1.82, 2.24) is 19.7 Å². The highest BCUT2D eigenvalue weighted by Crippen LogP contribution is 2.31. The van der Waals surface area contributed by atoms with Gasteiger partial charge in [-0.1, -0.05) is 0 Å². The van der Waals surface area contributed by atoms with E-state index in [1.54, 1.807) is 31.5 Å². The lowest BCUT2D eigenvalue weighted by atomic mass is 10.0. The van der Waals surface area contributed by atoms with Gasteiger partial charge in [0.25, 0.3) is 0 Å². The molecule has 7 nitrogen and oxygen atoms in total. The van der Waals surface area contributed by atoms with Gasteiger partial charge in [-0.3, -0.25) is 4.68 Å². The summed E-state index contributed by atoms with van der Waals surface area (Å²) < 4.78 is 40.2. The van der Waals surface area contributed by atoms with Gasteiger partial charge in [-0.25, -0.2) is 9.97 Å². The minimum absolute atomic E-state index is 0.0251. The van der Waals surface area contributed by atoms with Gasteiger partial charge < -0.3 is 10.4 Å². The molecule has 0 aliphatic heterocycles. The molecule has 0 unspecified atom stereocenters. The number of pyridine rings is 2. The third-order valence-electron chi connectivity index (χ3n) is 4.20. The minimum Gasteiger partial charge on any atom is -0.387 e. The Balaban J connectivity index is 1.84. The van der Waals surface area contributed by atoms with Gasteiger partial charge in [-0.2, -0.15) is 23.5 Å². The van der Waals surface area contributed by atoms with E-state index in [-0.39, 0.29) is 18.8 Å². The molecular formula is C20H19F3N6O. The third-order valence-corrected chi connectivity index (χ3v) is 4.20. The fourth-order valence-electron chi connectivity index (χ4n) is 2.84. The molecule has 3 heterocycles. The smallest absolute Gasteiger partial charge is 0.387 e. The van der Waals surface area contributed by atoms with Crippen molar-refractivity contribution in [2.24, 2.45) is 0 Å². The Hall–Kier alpha value is -3.45. The van der Waals surface area contributed by atoms with E-state index in [9.17, 15) is 18.3 Å². The number of halogens is 3. The van der Waals surface area contributed by atoms with Crippen LogP contribution in [0.25, 0.3) is 11.3 Å². The van der Waals surface area contributed by atoms with E-state index in [1.807, 2.05) is 13.0 Å². The number of anilines is 2. The molecule has 0 bridgehead atoms. The van der Waals surface area contributed by atoms with Gasteiger partial charge in [-0.15, -0.1) is 0 Å². The molecule has 10 heteroatoms. The van der Waals surface area contributed by atoms with Crippen LogP contribution >= 0.6 is 0 Å². The molecule has 3 aromatic rings. The number of aryl methyl sites for hydroxylation is 1. The van der Waals surface area contributed by atoms with E-state index in [1.165, 1.54) is 4.68 Å². The molecule has 0 aliphatic carbocycles. The number of nitrogens with zero attached hydrogens (tertiary/aromatic N) is 5. The number of hydrogen-bond acceptors (Lipinski definition) is 6. The summed E-state index contributed by atoms with van der Waals surface area (Å²) in [5, 5.41) is 26.0. The quantitative estimate of drug-likeness (QED) is 0.628. The number of rotatable bonds is 6. The molecule has 0 aliphatic rings. The zero-order valence-electron chi connectivity index (χ0n) is 16.3. The molecule has 3 rings (SSSR count). The Morgan fingerprint density at radius 2 is 2.00 bits per heavy atom.